The van der Waals surface area contributed by atoms with Gasteiger partial charge in [0.25, 0.3) is 0 Å². The topological polar surface area (TPSA) is 46.3 Å². The van der Waals surface area contributed by atoms with Crippen LogP contribution in [0.2, 0.25) is 0 Å². The van der Waals surface area contributed by atoms with Gasteiger partial charge in [0.15, 0.2) is 5.76 Å². The quantitative estimate of drug-likeness (QED) is 0.840. The number of aromatic nitrogens is 1. The zero-order chi connectivity index (χ0) is 16.2. The lowest BCUT2D eigenvalue weighted by molar-refractivity contribution is -0.131. The maximum Gasteiger partial charge on any atom is 0.228 e. The summed E-state index contributed by atoms with van der Waals surface area (Å²) in [5, 5.41) is 4.73. The molecule has 0 N–H and O–H groups in total. The zero-order valence-corrected chi connectivity index (χ0v) is 14.4. The molecule has 0 unspecified atom stereocenters. The largest absolute Gasteiger partial charge is 0.356 e. The highest BCUT2D eigenvalue weighted by atomic mass is 32.2. The van der Waals surface area contributed by atoms with Gasteiger partial charge in [-0.3, -0.25) is 4.79 Å². The van der Waals surface area contributed by atoms with Crippen molar-refractivity contribution in [2.45, 2.75) is 37.0 Å². The van der Waals surface area contributed by atoms with Gasteiger partial charge < -0.3 is 9.42 Å². The Balaban J connectivity index is 1.61. The van der Waals surface area contributed by atoms with E-state index in [0.29, 0.717) is 29.2 Å². The number of hydrogen-bond acceptors (Lipinski definition) is 4. The monoisotopic (exact) mass is 330 g/mol. The number of carbonyl (C=O) groups is 1. The van der Waals surface area contributed by atoms with E-state index in [1.165, 1.54) is 6.42 Å². The van der Waals surface area contributed by atoms with E-state index in [9.17, 15) is 4.79 Å². The Labute approximate surface area is 141 Å². The first-order chi connectivity index (χ1) is 11.2. The number of amides is 1. The lowest BCUT2D eigenvalue weighted by Gasteiger charge is -2.24. The lowest BCUT2D eigenvalue weighted by atomic mass is 10.1. The minimum absolute atomic E-state index is 0.115. The Morgan fingerprint density at radius 1 is 1.35 bits per heavy atom. The second kappa shape index (κ2) is 7.21. The van der Waals surface area contributed by atoms with Crippen LogP contribution in [0, 0.1) is 0 Å². The molecule has 5 heteroatoms. The Kier molecular flexibility index (Phi) is 5.06. The van der Waals surface area contributed by atoms with Crippen LogP contribution in [0.5, 0.6) is 0 Å². The van der Waals surface area contributed by atoms with Crippen LogP contribution in [0.1, 0.15) is 25.0 Å². The molecule has 2 atom stereocenters. The number of likely N-dealkylation sites (N-methyl/N-ethyl adjacent to an activating group) is 1. The average molecular weight is 330 g/mol. The van der Waals surface area contributed by atoms with Gasteiger partial charge in [-0.1, -0.05) is 35.5 Å². The fourth-order valence-corrected chi connectivity index (χ4v) is 3.89. The van der Waals surface area contributed by atoms with Gasteiger partial charge in [0.2, 0.25) is 5.91 Å². The highest BCUT2D eigenvalue weighted by molar-refractivity contribution is 7.99. The van der Waals surface area contributed by atoms with Crippen molar-refractivity contribution in [1.29, 1.82) is 0 Å². The molecular formula is C18H22N2O2S. The molecule has 1 amide bonds. The Morgan fingerprint density at radius 2 is 2.13 bits per heavy atom. The van der Waals surface area contributed by atoms with Crippen molar-refractivity contribution >= 4 is 17.7 Å². The van der Waals surface area contributed by atoms with E-state index < -0.39 is 0 Å². The minimum Gasteiger partial charge on any atom is -0.356 e. The standard InChI is InChI=1S/C18H22N2O2S/c1-20(15-8-9-16(12-15)23-2)18(21)11-14-10-17(22-19-14)13-6-4-3-5-7-13/h3-7,10,15-16H,8-9,11-12H2,1-2H3/t15-,16+/m0/s1. The summed E-state index contributed by atoms with van der Waals surface area (Å²) in [6.45, 7) is 0. The Bertz CT molecular complexity index is 656. The fourth-order valence-electron chi connectivity index (χ4n) is 3.10. The maximum absolute atomic E-state index is 12.5. The number of thioether (sulfide) groups is 1. The van der Waals surface area contributed by atoms with Gasteiger partial charge in [0.05, 0.1) is 12.1 Å². The predicted octanol–water partition coefficient (Wildman–Crippen LogP) is 3.63. The number of hydrogen-bond donors (Lipinski definition) is 0. The van der Waals surface area contributed by atoms with Crippen molar-refractivity contribution in [2.75, 3.05) is 13.3 Å². The van der Waals surface area contributed by atoms with Crippen molar-refractivity contribution < 1.29 is 9.32 Å². The summed E-state index contributed by atoms with van der Waals surface area (Å²) in [7, 11) is 1.91. The highest BCUT2D eigenvalue weighted by Gasteiger charge is 2.29. The van der Waals surface area contributed by atoms with Crippen molar-refractivity contribution in [2.24, 2.45) is 0 Å². The zero-order valence-electron chi connectivity index (χ0n) is 13.6. The number of carbonyl (C=O) groups excluding carboxylic acids is 1. The molecule has 122 valence electrons. The lowest BCUT2D eigenvalue weighted by Crippen LogP contribution is -2.36. The third-order valence-corrected chi connectivity index (χ3v) is 5.68. The maximum atomic E-state index is 12.5. The first-order valence-corrected chi connectivity index (χ1v) is 9.25. The summed E-state index contributed by atoms with van der Waals surface area (Å²) in [6.07, 6.45) is 5.84. The summed E-state index contributed by atoms with van der Waals surface area (Å²) in [5.74, 6) is 0.823. The molecule has 0 radical (unpaired) electrons. The molecule has 0 aliphatic heterocycles. The van der Waals surface area contributed by atoms with Crippen LogP contribution in [-0.2, 0) is 11.2 Å². The minimum atomic E-state index is 0.115. The molecular weight excluding hydrogens is 308 g/mol. The van der Waals surface area contributed by atoms with Gasteiger partial charge in [0, 0.05) is 30.0 Å². The van der Waals surface area contributed by atoms with Crippen LogP contribution in [0.15, 0.2) is 40.9 Å². The van der Waals surface area contributed by atoms with Crippen LogP contribution in [0.25, 0.3) is 11.3 Å². The summed E-state index contributed by atoms with van der Waals surface area (Å²) in [6, 6.07) is 12.0. The number of benzene rings is 1. The predicted molar refractivity (Wildman–Crippen MR) is 93.4 cm³/mol. The smallest absolute Gasteiger partial charge is 0.228 e. The molecule has 0 spiro atoms. The van der Waals surface area contributed by atoms with Gasteiger partial charge in [-0.15, -0.1) is 0 Å². The Morgan fingerprint density at radius 3 is 2.83 bits per heavy atom. The highest BCUT2D eigenvalue weighted by Crippen LogP contribution is 2.31. The molecule has 1 aliphatic carbocycles. The average Bonchev–Trinajstić information content (AvgIpc) is 3.24. The normalized spacial score (nSPS) is 20.6. The number of nitrogens with zero attached hydrogens (tertiary/aromatic N) is 2. The molecule has 0 bridgehead atoms. The van der Waals surface area contributed by atoms with Gasteiger partial charge in [-0.05, 0) is 25.5 Å². The molecule has 1 fully saturated rings. The van der Waals surface area contributed by atoms with Gasteiger partial charge >= 0.3 is 0 Å². The summed E-state index contributed by atoms with van der Waals surface area (Å²) >= 11 is 1.90. The Hall–Kier alpha value is -1.75. The summed E-state index contributed by atoms with van der Waals surface area (Å²) < 4.78 is 5.37. The molecule has 4 nitrogen and oxygen atoms in total. The third-order valence-electron chi connectivity index (χ3n) is 4.58. The third kappa shape index (κ3) is 3.78. The van der Waals surface area contributed by atoms with Gasteiger partial charge in [-0.2, -0.15) is 11.8 Å². The molecule has 1 aliphatic rings. The molecule has 1 aromatic heterocycles. The molecule has 2 aromatic rings. The van der Waals surface area contributed by atoms with E-state index in [1.807, 2.05) is 60.1 Å². The van der Waals surface area contributed by atoms with E-state index >= 15 is 0 Å². The summed E-state index contributed by atoms with van der Waals surface area (Å²) in [4.78, 5) is 14.4. The van der Waals surface area contributed by atoms with Crippen molar-refractivity contribution in [3.63, 3.8) is 0 Å². The van der Waals surface area contributed by atoms with Crippen molar-refractivity contribution in [3.05, 3.63) is 42.1 Å². The van der Waals surface area contributed by atoms with Crippen LogP contribution in [0.3, 0.4) is 0 Å². The van der Waals surface area contributed by atoms with Crippen molar-refractivity contribution in [1.82, 2.24) is 10.1 Å². The number of rotatable bonds is 5. The first-order valence-electron chi connectivity index (χ1n) is 7.97. The van der Waals surface area contributed by atoms with E-state index in [2.05, 4.69) is 11.4 Å². The fraction of sp³-hybridized carbons (Fsp3) is 0.444. The van der Waals surface area contributed by atoms with E-state index in [-0.39, 0.29) is 5.91 Å². The van der Waals surface area contributed by atoms with Gasteiger partial charge in [0.1, 0.15) is 0 Å². The second-order valence-corrected chi connectivity index (χ2v) is 7.19. The summed E-state index contributed by atoms with van der Waals surface area (Å²) in [5.41, 5.74) is 1.67. The van der Waals surface area contributed by atoms with E-state index in [4.69, 9.17) is 4.52 Å². The second-order valence-electron chi connectivity index (χ2n) is 6.05. The molecule has 0 saturated heterocycles. The van der Waals surface area contributed by atoms with Crippen LogP contribution in [0.4, 0.5) is 0 Å². The molecule has 1 heterocycles. The van der Waals surface area contributed by atoms with Crippen LogP contribution in [-0.4, -0.2) is 40.6 Å². The molecule has 3 rings (SSSR count). The molecule has 23 heavy (non-hydrogen) atoms. The van der Waals surface area contributed by atoms with Gasteiger partial charge in [-0.25, -0.2) is 0 Å². The first kappa shape index (κ1) is 16.1. The SMILES string of the molecule is CS[C@@H]1CC[C@H](N(C)C(=O)Cc2cc(-c3ccccc3)on2)C1. The van der Waals surface area contributed by atoms with Crippen LogP contribution < -0.4 is 0 Å². The molecule has 1 saturated carbocycles. The van der Waals surface area contributed by atoms with Crippen molar-refractivity contribution in [3.8, 4) is 11.3 Å². The van der Waals surface area contributed by atoms with Crippen LogP contribution >= 0.6 is 11.8 Å². The molecule has 1 aromatic carbocycles. The van der Waals surface area contributed by atoms with E-state index in [0.717, 1.165) is 18.4 Å². The van der Waals surface area contributed by atoms with E-state index in [1.54, 1.807) is 0 Å².